The van der Waals surface area contributed by atoms with Gasteiger partial charge in [-0.2, -0.15) is 0 Å². The van der Waals surface area contributed by atoms with Crippen LogP contribution in [0.5, 0.6) is 0 Å². The predicted octanol–water partition coefficient (Wildman–Crippen LogP) is 4.01. The molecule has 0 saturated carbocycles. The number of nitrogens with zero attached hydrogens (tertiary/aromatic N) is 4. The fourth-order valence-electron chi connectivity index (χ4n) is 4.75. The monoisotopic (exact) mass is 553 g/mol. The Morgan fingerprint density at radius 3 is 2.56 bits per heavy atom. The van der Waals surface area contributed by atoms with Gasteiger partial charge in [-0.05, 0) is 62.0 Å². The lowest BCUT2D eigenvalue weighted by Crippen LogP contribution is -2.36. The maximum atomic E-state index is 12.8. The number of anilines is 3. The normalized spacial score (nSPS) is 13.7. The molecule has 1 aliphatic heterocycles. The molecule has 41 heavy (non-hydrogen) atoms. The second-order valence-electron chi connectivity index (χ2n) is 10.3. The van der Waals surface area contributed by atoms with E-state index in [0.29, 0.717) is 25.4 Å². The number of H-pyrrole nitrogens is 1. The highest BCUT2D eigenvalue weighted by Crippen LogP contribution is 2.29. The highest BCUT2D eigenvalue weighted by molar-refractivity contribution is 6.00. The first-order valence-electron chi connectivity index (χ1n) is 13.6. The van der Waals surface area contributed by atoms with Crippen LogP contribution >= 0.6 is 0 Å². The number of carbonyl (C=O) groups excluding carboxylic acids is 2. The second-order valence-corrected chi connectivity index (χ2v) is 10.3. The van der Waals surface area contributed by atoms with Gasteiger partial charge in [-0.3, -0.25) is 9.59 Å². The molecule has 2 amide bonds. The summed E-state index contributed by atoms with van der Waals surface area (Å²) in [6, 6.07) is 15.4. The number of morpholine rings is 1. The molecule has 0 atom stereocenters. The lowest BCUT2D eigenvalue weighted by atomic mass is 10.1. The molecule has 2 aromatic carbocycles. The van der Waals surface area contributed by atoms with E-state index in [4.69, 9.17) is 4.74 Å². The van der Waals surface area contributed by atoms with Crippen molar-refractivity contribution in [2.45, 2.75) is 13.3 Å². The summed E-state index contributed by atoms with van der Waals surface area (Å²) in [4.78, 5) is 41.5. The minimum absolute atomic E-state index is 0.114. The van der Waals surface area contributed by atoms with Crippen molar-refractivity contribution < 1.29 is 14.3 Å². The third-order valence-corrected chi connectivity index (χ3v) is 6.85. The number of aromatic amines is 1. The summed E-state index contributed by atoms with van der Waals surface area (Å²) in [6.45, 7) is 5.59. The van der Waals surface area contributed by atoms with Gasteiger partial charge in [-0.15, -0.1) is 0 Å². The fraction of sp³-hybridized carbons (Fsp3) is 0.290. The van der Waals surface area contributed by atoms with Gasteiger partial charge in [0.25, 0.3) is 0 Å². The summed E-state index contributed by atoms with van der Waals surface area (Å²) in [5.74, 6) is 0.616. The molecule has 0 aliphatic carbocycles. The number of aromatic nitrogens is 3. The van der Waals surface area contributed by atoms with E-state index in [9.17, 15) is 9.59 Å². The Balaban J connectivity index is 1.19. The topological polar surface area (TPSA) is 115 Å². The molecule has 3 heterocycles. The molecule has 1 fully saturated rings. The maximum Gasteiger partial charge on any atom is 0.248 e. The van der Waals surface area contributed by atoms with Gasteiger partial charge in [0.05, 0.1) is 25.0 Å². The highest BCUT2D eigenvalue weighted by atomic mass is 16.5. The van der Waals surface area contributed by atoms with E-state index in [0.717, 1.165) is 58.0 Å². The van der Waals surface area contributed by atoms with Gasteiger partial charge in [0.1, 0.15) is 17.8 Å². The maximum absolute atomic E-state index is 12.8. The van der Waals surface area contributed by atoms with Crippen LogP contribution in [0.4, 0.5) is 17.2 Å². The van der Waals surface area contributed by atoms with Crippen LogP contribution in [0.2, 0.25) is 0 Å². The Bertz CT molecular complexity index is 1550. The molecular weight excluding hydrogens is 518 g/mol. The molecule has 2 aromatic heterocycles. The van der Waals surface area contributed by atoms with Crippen molar-refractivity contribution in [3.8, 4) is 11.3 Å². The zero-order chi connectivity index (χ0) is 28.8. The first kappa shape index (κ1) is 28.0. The van der Waals surface area contributed by atoms with Gasteiger partial charge in [0.2, 0.25) is 11.8 Å². The van der Waals surface area contributed by atoms with E-state index in [1.54, 1.807) is 6.33 Å². The van der Waals surface area contributed by atoms with E-state index in [1.165, 1.54) is 6.08 Å². The van der Waals surface area contributed by atoms with Crippen LogP contribution < -0.4 is 15.5 Å². The number of amides is 2. The number of hydrogen-bond donors (Lipinski definition) is 3. The Morgan fingerprint density at radius 2 is 1.83 bits per heavy atom. The number of fused-ring (bicyclic) bond motifs is 1. The van der Waals surface area contributed by atoms with Crippen LogP contribution in [0, 0.1) is 6.92 Å². The van der Waals surface area contributed by atoms with Gasteiger partial charge in [-0.1, -0.05) is 30.3 Å². The van der Waals surface area contributed by atoms with Crippen molar-refractivity contribution in [1.29, 1.82) is 0 Å². The average molecular weight is 554 g/mol. The molecule has 0 unspecified atom stereocenters. The summed E-state index contributed by atoms with van der Waals surface area (Å²) in [5.41, 5.74) is 5.91. The SMILES string of the molecule is Cc1cc(CC(=O)Nc2ccc(-c3cc4c(N5CCOCC5)ncnc4[nH]3)cc2)ccc1NC(=O)/C=C/CN(C)C. The third kappa shape index (κ3) is 7.16. The summed E-state index contributed by atoms with van der Waals surface area (Å²) in [6.07, 6.45) is 5.15. The van der Waals surface area contributed by atoms with Crippen LogP contribution in [0.3, 0.4) is 0 Å². The van der Waals surface area contributed by atoms with Crippen molar-refractivity contribution in [2.24, 2.45) is 0 Å². The van der Waals surface area contributed by atoms with Crippen molar-refractivity contribution >= 4 is 40.0 Å². The third-order valence-electron chi connectivity index (χ3n) is 6.85. The Morgan fingerprint density at radius 1 is 1.05 bits per heavy atom. The molecular formula is C31H35N7O3. The number of likely N-dealkylation sites (N-methyl/N-ethyl adjacent to an activating group) is 1. The second kappa shape index (κ2) is 12.8. The Hall–Kier alpha value is -4.54. The number of rotatable bonds is 9. The van der Waals surface area contributed by atoms with E-state index < -0.39 is 0 Å². The van der Waals surface area contributed by atoms with E-state index in [1.807, 2.05) is 74.5 Å². The standard InChI is InChI=1S/C31H35N7O3/c1-21-17-22(6-11-26(21)35-28(39)5-4-12-37(2)3)18-29(40)34-24-9-7-23(8-10-24)27-19-25-30(36-27)32-20-33-31(25)38-13-15-41-16-14-38/h4-11,17,19-20H,12-16,18H2,1-3H3,(H,34,40)(H,35,39)(H,32,33,36)/b5-4+. The summed E-state index contributed by atoms with van der Waals surface area (Å²) < 4.78 is 5.48. The largest absolute Gasteiger partial charge is 0.378 e. The van der Waals surface area contributed by atoms with Crippen LogP contribution in [-0.2, 0) is 20.7 Å². The number of hydrogen-bond acceptors (Lipinski definition) is 7. The zero-order valence-corrected chi connectivity index (χ0v) is 23.6. The fourth-order valence-corrected chi connectivity index (χ4v) is 4.75. The van der Waals surface area contributed by atoms with Crippen LogP contribution in [0.15, 0.2) is 67.0 Å². The van der Waals surface area contributed by atoms with Crippen molar-refractivity contribution in [2.75, 3.05) is 62.5 Å². The molecule has 212 valence electrons. The van der Waals surface area contributed by atoms with Crippen LogP contribution in [0.1, 0.15) is 11.1 Å². The summed E-state index contributed by atoms with van der Waals surface area (Å²) in [5, 5.41) is 6.84. The zero-order valence-electron chi connectivity index (χ0n) is 23.6. The summed E-state index contributed by atoms with van der Waals surface area (Å²) >= 11 is 0. The number of nitrogens with one attached hydrogen (secondary N) is 3. The van der Waals surface area contributed by atoms with E-state index in [2.05, 4.69) is 36.6 Å². The van der Waals surface area contributed by atoms with Gasteiger partial charge in [0, 0.05) is 42.8 Å². The van der Waals surface area contributed by atoms with E-state index >= 15 is 0 Å². The van der Waals surface area contributed by atoms with Gasteiger partial charge in [-0.25, -0.2) is 9.97 Å². The molecule has 10 heteroatoms. The molecule has 1 saturated heterocycles. The Kier molecular flexibility index (Phi) is 8.71. The van der Waals surface area contributed by atoms with Crippen molar-refractivity contribution in [1.82, 2.24) is 19.9 Å². The molecule has 10 nitrogen and oxygen atoms in total. The predicted molar refractivity (Wildman–Crippen MR) is 162 cm³/mol. The average Bonchev–Trinajstić information content (AvgIpc) is 3.40. The number of aryl methyl sites for hydroxylation is 1. The number of ether oxygens (including phenoxy) is 1. The highest BCUT2D eigenvalue weighted by Gasteiger charge is 2.17. The molecule has 0 bridgehead atoms. The molecule has 4 aromatic rings. The van der Waals surface area contributed by atoms with Crippen molar-refractivity contribution in [3.63, 3.8) is 0 Å². The lowest BCUT2D eigenvalue weighted by Gasteiger charge is -2.27. The number of benzene rings is 2. The van der Waals surface area contributed by atoms with Gasteiger partial charge >= 0.3 is 0 Å². The molecule has 5 rings (SSSR count). The van der Waals surface area contributed by atoms with Gasteiger partial charge in [0.15, 0.2) is 0 Å². The lowest BCUT2D eigenvalue weighted by molar-refractivity contribution is -0.115. The first-order chi connectivity index (χ1) is 19.9. The molecule has 3 N–H and O–H groups in total. The number of carbonyl (C=O) groups is 2. The van der Waals surface area contributed by atoms with E-state index in [-0.39, 0.29) is 18.2 Å². The van der Waals surface area contributed by atoms with Gasteiger partial charge < -0.3 is 30.2 Å². The Labute approximate surface area is 239 Å². The van der Waals surface area contributed by atoms with Crippen LogP contribution in [-0.4, -0.2) is 78.6 Å². The minimum atomic E-state index is -0.179. The van der Waals surface area contributed by atoms with Crippen molar-refractivity contribution in [3.05, 3.63) is 78.1 Å². The quantitative estimate of drug-likeness (QED) is 0.268. The van der Waals surface area contributed by atoms with Crippen LogP contribution in [0.25, 0.3) is 22.3 Å². The molecule has 0 spiro atoms. The molecule has 0 radical (unpaired) electrons. The minimum Gasteiger partial charge on any atom is -0.378 e. The first-order valence-corrected chi connectivity index (χ1v) is 13.6. The summed E-state index contributed by atoms with van der Waals surface area (Å²) in [7, 11) is 3.89. The molecule has 1 aliphatic rings. The smallest absolute Gasteiger partial charge is 0.248 e.